The topological polar surface area (TPSA) is 84.1 Å². The smallest absolute Gasteiger partial charge is 0.271 e. The number of amides is 1. The highest BCUT2D eigenvalue weighted by Crippen LogP contribution is 2.24. The highest BCUT2D eigenvalue weighted by atomic mass is 16.1. The first-order chi connectivity index (χ1) is 9.22. The summed E-state index contributed by atoms with van der Waals surface area (Å²) < 4.78 is 0. The predicted octanol–water partition coefficient (Wildman–Crippen LogP) is 0.401. The van der Waals surface area contributed by atoms with Crippen LogP contribution in [-0.2, 0) is 0 Å². The summed E-state index contributed by atoms with van der Waals surface area (Å²) in [4.78, 5) is 21.8. The second-order valence-electron chi connectivity index (χ2n) is 4.92. The number of rotatable bonds is 5. The van der Waals surface area contributed by atoms with Gasteiger partial charge in [-0.15, -0.1) is 0 Å². The molecule has 0 saturated carbocycles. The molecule has 2 heterocycles. The SMILES string of the molecule is CNCCC1CCN(c2nccnc2C(N)=O)CC1. The van der Waals surface area contributed by atoms with Crippen LogP contribution in [-0.4, -0.2) is 42.6 Å². The molecule has 0 unspecified atom stereocenters. The Kier molecular flexibility index (Phi) is 4.68. The molecule has 1 aliphatic heterocycles. The van der Waals surface area contributed by atoms with Crippen LogP contribution in [0, 0.1) is 5.92 Å². The maximum absolute atomic E-state index is 11.4. The first-order valence-corrected chi connectivity index (χ1v) is 6.72. The van der Waals surface area contributed by atoms with Gasteiger partial charge in [-0.3, -0.25) is 4.79 Å². The van der Waals surface area contributed by atoms with Gasteiger partial charge in [0.1, 0.15) is 0 Å². The van der Waals surface area contributed by atoms with Gasteiger partial charge < -0.3 is 16.0 Å². The van der Waals surface area contributed by atoms with E-state index in [1.165, 1.54) is 12.6 Å². The van der Waals surface area contributed by atoms with Gasteiger partial charge in [-0.05, 0) is 38.8 Å². The number of piperidine rings is 1. The fourth-order valence-electron chi connectivity index (χ4n) is 2.52. The molecule has 1 aromatic heterocycles. The van der Waals surface area contributed by atoms with Crippen LogP contribution in [0.3, 0.4) is 0 Å². The molecule has 1 saturated heterocycles. The van der Waals surface area contributed by atoms with Crippen molar-refractivity contribution in [2.75, 3.05) is 31.6 Å². The minimum Gasteiger partial charge on any atom is -0.364 e. The number of hydrogen-bond donors (Lipinski definition) is 2. The van der Waals surface area contributed by atoms with Crippen LogP contribution >= 0.6 is 0 Å². The van der Waals surface area contributed by atoms with Crippen LogP contribution in [0.2, 0.25) is 0 Å². The van der Waals surface area contributed by atoms with E-state index in [1.807, 2.05) is 7.05 Å². The van der Waals surface area contributed by atoms with E-state index in [0.29, 0.717) is 5.82 Å². The number of carbonyl (C=O) groups excluding carboxylic acids is 1. The number of hydrogen-bond acceptors (Lipinski definition) is 5. The molecule has 1 fully saturated rings. The van der Waals surface area contributed by atoms with Gasteiger partial charge >= 0.3 is 0 Å². The number of anilines is 1. The summed E-state index contributed by atoms with van der Waals surface area (Å²) in [7, 11) is 1.98. The maximum Gasteiger partial charge on any atom is 0.271 e. The Balaban J connectivity index is 2.00. The van der Waals surface area contributed by atoms with Gasteiger partial charge in [0.25, 0.3) is 5.91 Å². The van der Waals surface area contributed by atoms with E-state index in [1.54, 1.807) is 6.20 Å². The van der Waals surface area contributed by atoms with Crippen LogP contribution in [0.25, 0.3) is 0 Å². The highest BCUT2D eigenvalue weighted by molar-refractivity contribution is 5.95. The van der Waals surface area contributed by atoms with E-state index in [0.717, 1.165) is 38.4 Å². The summed E-state index contributed by atoms with van der Waals surface area (Å²) in [6.45, 7) is 2.88. The summed E-state index contributed by atoms with van der Waals surface area (Å²) in [5, 5.41) is 3.18. The van der Waals surface area contributed by atoms with Gasteiger partial charge in [-0.1, -0.05) is 0 Å². The minimum absolute atomic E-state index is 0.274. The lowest BCUT2D eigenvalue weighted by atomic mass is 9.93. The average Bonchev–Trinajstić information content (AvgIpc) is 2.45. The average molecular weight is 263 g/mol. The third-order valence-electron chi connectivity index (χ3n) is 3.63. The largest absolute Gasteiger partial charge is 0.364 e. The molecule has 1 aliphatic rings. The summed E-state index contributed by atoms with van der Waals surface area (Å²) in [6.07, 6.45) is 6.55. The van der Waals surface area contributed by atoms with Gasteiger partial charge in [0, 0.05) is 25.5 Å². The molecule has 0 aromatic carbocycles. The summed E-state index contributed by atoms with van der Waals surface area (Å²) >= 11 is 0. The number of nitrogens with one attached hydrogen (secondary N) is 1. The van der Waals surface area contributed by atoms with Crippen molar-refractivity contribution in [2.45, 2.75) is 19.3 Å². The Morgan fingerprint density at radius 2 is 2.11 bits per heavy atom. The molecule has 19 heavy (non-hydrogen) atoms. The molecule has 0 radical (unpaired) electrons. The summed E-state index contributed by atoms with van der Waals surface area (Å²) in [6, 6.07) is 0. The molecule has 0 bridgehead atoms. The molecule has 0 atom stereocenters. The lowest BCUT2D eigenvalue weighted by Crippen LogP contribution is -2.36. The van der Waals surface area contributed by atoms with Crippen molar-refractivity contribution in [3.8, 4) is 0 Å². The highest BCUT2D eigenvalue weighted by Gasteiger charge is 2.23. The molecule has 0 aliphatic carbocycles. The van der Waals surface area contributed by atoms with Gasteiger partial charge in [0.2, 0.25) is 0 Å². The van der Waals surface area contributed by atoms with E-state index in [4.69, 9.17) is 5.73 Å². The zero-order valence-electron chi connectivity index (χ0n) is 11.3. The number of aromatic nitrogens is 2. The monoisotopic (exact) mass is 263 g/mol. The number of nitrogens with two attached hydrogens (primary N) is 1. The molecule has 0 spiro atoms. The Labute approximate surface area is 113 Å². The lowest BCUT2D eigenvalue weighted by molar-refractivity contribution is 0.0995. The van der Waals surface area contributed by atoms with Gasteiger partial charge in [0.15, 0.2) is 11.5 Å². The molecule has 6 nitrogen and oxygen atoms in total. The van der Waals surface area contributed by atoms with Crippen molar-refractivity contribution < 1.29 is 4.79 Å². The first kappa shape index (κ1) is 13.7. The zero-order valence-corrected chi connectivity index (χ0v) is 11.3. The van der Waals surface area contributed by atoms with Crippen LogP contribution in [0.1, 0.15) is 29.8 Å². The molecule has 1 amide bonds. The van der Waals surface area contributed by atoms with Crippen molar-refractivity contribution in [2.24, 2.45) is 11.7 Å². The summed E-state index contributed by atoms with van der Waals surface area (Å²) in [5.41, 5.74) is 5.61. The predicted molar refractivity (Wildman–Crippen MR) is 74.0 cm³/mol. The van der Waals surface area contributed by atoms with E-state index in [2.05, 4.69) is 20.2 Å². The number of carbonyl (C=O) groups is 1. The van der Waals surface area contributed by atoms with Crippen LogP contribution in [0.5, 0.6) is 0 Å². The molecular weight excluding hydrogens is 242 g/mol. The van der Waals surface area contributed by atoms with Crippen LogP contribution in [0.15, 0.2) is 12.4 Å². The van der Waals surface area contributed by atoms with Crippen molar-refractivity contribution in [1.29, 1.82) is 0 Å². The minimum atomic E-state index is -0.514. The van der Waals surface area contributed by atoms with Crippen molar-refractivity contribution >= 4 is 11.7 Å². The quantitative estimate of drug-likeness (QED) is 0.803. The van der Waals surface area contributed by atoms with Crippen LogP contribution < -0.4 is 16.0 Å². The Bertz CT molecular complexity index is 429. The standard InChI is InChI=1S/C13H21N5O/c1-15-5-2-10-3-8-18(9-4-10)13-11(12(14)19)16-6-7-17-13/h6-7,10,15H,2-5,8-9H2,1H3,(H2,14,19). The molecule has 104 valence electrons. The van der Waals surface area contributed by atoms with Crippen molar-refractivity contribution in [3.05, 3.63) is 18.1 Å². The van der Waals surface area contributed by atoms with Gasteiger partial charge in [0.05, 0.1) is 0 Å². The van der Waals surface area contributed by atoms with E-state index in [-0.39, 0.29) is 5.69 Å². The molecule has 2 rings (SSSR count). The second-order valence-corrected chi connectivity index (χ2v) is 4.92. The zero-order chi connectivity index (χ0) is 13.7. The van der Waals surface area contributed by atoms with Gasteiger partial charge in [-0.2, -0.15) is 0 Å². The lowest BCUT2D eigenvalue weighted by Gasteiger charge is -2.33. The van der Waals surface area contributed by atoms with E-state index >= 15 is 0 Å². The second kappa shape index (κ2) is 6.47. The Morgan fingerprint density at radius 3 is 2.74 bits per heavy atom. The summed E-state index contributed by atoms with van der Waals surface area (Å²) in [5.74, 6) is 0.861. The molecule has 3 N–H and O–H groups in total. The van der Waals surface area contributed by atoms with E-state index in [9.17, 15) is 4.79 Å². The third kappa shape index (κ3) is 3.41. The number of primary amides is 1. The third-order valence-corrected chi connectivity index (χ3v) is 3.63. The Morgan fingerprint density at radius 1 is 1.42 bits per heavy atom. The maximum atomic E-state index is 11.4. The normalized spacial score (nSPS) is 16.6. The van der Waals surface area contributed by atoms with Crippen molar-refractivity contribution in [3.63, 3.8) is 0 Å². The fraction of sp³-hybridized carbons (Fsp3) is 0.615. The van der Waals surface area contributed by atoms with Gasteiger partial charge in [-0.25, -0.2) is 9.97 Å². The molecule has 6 heteroatoms. The molecular formula is C13H21N5O. The van der Waals surface area contributed by atoms with Crippen LogP contribution in [0.4, 0.5) is 5.82 Å². The fourth-order valence-corrected chi connectivity index (χ4v) is 2.52. The van der Waals surface area contributed by atoms with Crippen molar-refractivity contribution in [1.82, 2.24) is 15.3 Å². The van der Waals surface area contributed by atoms with E-state index < -0.39 is 5.91 Å². The number of nitrogens with zero attached hydrogens (tertiary/aromatic N) is 3. The first-order valence-electron chi connectivity index (χ1n) is 6.72. The Hall–Kier alpha value is -1.69. The molecule has 1 aromatic rings.